The Bertz CT molecular complexity index is 1630. The number of carbonyl (C=O) groups excluding carboxylic acids is 1. The number of ether oxygens (including phenoxy) is 2. The number of carbonyl (C=O) groups is 1. The van der Waals surface area contributed by atoms with E-state index in [1.807, 2.05) is 0 Å². The highest BCUT2D eigenvalue weighted by Gasteiger charge is 2.50. The molecule has 5 rings (SSSR count). The summed E-state index contributed by atoms with van der Waals surface area (Å²) in [4.78, 5) is 43.3. The number of aliphatic hydroxyl groups excluding tert-OH is 4. The summed E-state index contributed by atoms with van der Waals surface area (Å²) in [5.41, 5.74) is 11.4. The zero-order chi connectivity index (χ0) is 32.0. The number of anilines is 1. The summed E-state index contributed by atoms with van der Waals surface area (Å²) in [5, 5.41) is 41.6. The maximum Gasteiger partial charge on any atom is 0.481 e. The van der Waals surface area contributed by atoms with Crippen molar-refractivity contribution in [3.63, 3.8) is 0 Å². The lowest BCUT2D eigenvalue weighted by atomic mass is 10.1. The smallest absolute Gasteiger partial charge is 0.387 e. The first-order chi connectivity index (χ1) is 20.7. The molecular weight excluding hydrogens is 636 g/mol. The van der Waals surface area contributed by atoms with Gasteiger partial charge < -0.3 is 51.2 Å². The molecule has 2 saturated heterocycles. The number of hydrogen-bond donors (Lipinski definition) is 8. The van der Waals surface area contributed by atoms with Crippen molar-refractivity contribution in [2.24, 2.45) is 5.73 Å². The highest BCUT2D eigenvalue weighted by molar-refractivity contribution is 7.61. The van der Waals surface area contributed by atoms with E-state index in [4.69, 9.17) is 25.5 Å². The fraction of sp³-hybridized carbons (Fsp3) is 0.476. The average Bonchev–Trinajstić information content (AvgIpc) is 3.61. The van der Waals surface area contributed by atoms with E-state index in [-0.39, 0.29) is 22.5 Å². The Morgan fingerprint density at radius 2 is 1.61 bits per heavy atom. The predicted molar refractivity (Wildman–Crippen MR) is 139 cm³/mol. The third-order valence-corrected chi connectivity index (χ3v) is 9.35. The number of pyridine rings is 1. The zero-order valence-corrected chi connectivity index (χ0v) is 24.0. The Morgan fingerprint density at radius 3 is 2.27 bits per heavy atom. The van der Waals surface area contributed by atoms with Crippen LogP contribution in [0.3, 0.4) is 0 Å². The van der Waals surface area contributed by atoms with Crippen LogP contribution in [0.15, 0.2) is 37.2 Å². The summed E-state index contributed by atoms with van der Waals surface area (Å²) in [7, 11) is -10.7. The van der Waals surface area contributed by atoms with E-state index in [1.165, 1.54) is 40.0 Å². The number of nitrogen functional groups attached to an aromatic ring is 1. The number of imidazole rings is 1. The topological polar surface area (TPSA) is 318 Å². The fourth-order valence-corrected chi connectivity index (χ4v) is 6.67. The summed E-state index contributed by atoms with van der Waals surface area (Å²) in [6.45, 7) is -1.80. The van der Waals surface area contributed by atoms with Crippen LogP contribution in [0.5, 0.6) is 0 Å². The van der Waals surface area contributed by atoms with Gasteiger partial charge in [-0.2, -0.15) is 8.88 Å². The summed E-state index contributed by atoms with van der Waals surface area (Å²) < 4.78 is 52.0. The van der Waals surface area contributed by atoms with Gasteiger partial charge >= 0.3 is 15.6 Å². The molecule has 23 heteroatoms. The average molecular weight is 664 g/mol. The summed E-state index contributed by atoms with van der Waals surface area (Å²) in [6.07, 6.45) is -6.85. The number of fused-ring (bicyclic) bond motifs is 1. The van der Waals surface area contributed by atoms with Crippen molar-refractivity contribution < 1.29 is 71.5 Å². The molecule has 2 aliphatic heterocycles. The van der Waals surface area contributed by atoms with Gasteiger partial charge in [-0.1, -0.05) is 0 Å². The third kappa shape index (κ3) is 6.65. The van der Waals surface area contributed by atoms with Gasteiger partial charge in [-0.05, 0) is 6.07 Å². The first-order valence-corrected chi connectivity index (χ1v) is 15.6. The number of rotatable bonds is 11. The second-order valence-electron chi connectivity index (χ2n) is 9.69. The van der Waals surface area contributed by atoms with Gasteiger partial charge in [0.2, 0.25) is 0 Å². The number of phosphoric acid groups is 2. The number of nitrogens with zero attached hydrogens (tertiary/aromatic N) is 5. The Hall–Kier alpha value is -3.01. The number of phosphoric ester groups is 2. The van der Waals surface area contributed by atoms with Gasteiger partial charge in [0.05, 0.1) is 19.5 Å². The molecule has 3 aromatic heterocycles. The van der Waals surface area contributed by atoms with E-state index in [0.29, 0.717) is 0 Å². The molecule has 0 radical (unpaired) electrons. The molecule has 0 bridgehead atoms. The third-order valence-electron chi connectivity index (χ3n) is 6.75. The molecule has 2 fully saturated rings. The molecule has 2 aliphatic rings. The van der Waals surface area contributed by atoms with Crippen LogP contribution in [0.4, 0.5) is 5.82 Å². The van der Waals surface area contributed by atoms with E-state index in [0.717, 1.165) is 6.33 Å². The van der Waals surface area contributed by atoms with Crippen LogP contribution in [0.2, 0.25) is 0 Å². The minimum Gasteiger partial charge on any atom is -0.387 e. The number of aromatic nitrogens is 5. The largest absolute Gasteiger partial charge is 0.481 e. The summed E-state index contributed by atoms with van der Waals surface area (Å²) in [5.74, 6) is -0.714. The summed E-state index contributed by atoms with van der Waals surface area (Å²) in [6, 6.07) is 2.83. The molecule has 21 nitrogen and oxygen atoms in total. The molecule has 10 atom stereocenters. The van der Waals surface area contributed by atoms with Gasteiger partial charge in [-0.15, -0.1) is 0 Å². The number of nitrogens with two attached hydrogens (primary N) is 2. The van der Waals surface area contributed by atoms with Crippen LogP contribution in [0.1, 0.15) is 22.8 Å². The van der Waals surface area contributed by atoms with Crippen molar-refractivity contribution in [3.8, 4) is 0 Å². The highest BCUT2D eigenvalue weighted by Crippen LogP contribution is 2.60. The van der Waals surface area contributed by atoms with Crippen molar-refractivity contribution in [3.05, 3.63) is 42.7 Å². The van der Waals surface area contributed by atoms with Gasteiger partial charge in [0.15, 0.2) is 36.2 Å². The molecule has 0 saturated carbocycles. The lowest BCUT2D eigenvalue weighted by Crippen LogP contribution is -2.46. The molecule has 3 aromatic rings. The quantitative estimate of drug-likeness (QED) is 0.0747. The Kier molecular flexibility index (Phi) is 9.13. The Balaban J connectivity index is 1.16. The van der Waals surface area contributed by atoms with Gasteiger partial charge in [0.1, 0.15) is 47.9 Å². The number of primary amides is 1. The van der Waals surface area contributed by atoms with Gasteiger partial charge in [0.25, 0.3) is 12.1 Å². The Morgan fingerprint density at radius 1 is 0.977 bits per heavy atom. The molecular formula is C21H28N7O14P2+. The molecule has 44 heavy (non-hydrogen) atoms. The van der Waals surface area contributed by atoms with Crippen LogP contribution in [-0.2, 0) is 32.0 Å². The van der Waals surface area contributed by atoms with Crippen molar-refractivity contribution in [1.29, 1.82) is 0 Å². The van der Waals surface area contributed by atoms with Crippen LogP contribution in [0.25, 0.3) is 11.2 Å². The van der Waals surface area contributed by atoms with Crippen LogP contribution < -0.4 is 16.0 Å². The minimum atomic E-state index is -5.37. The van der Waals surface area contributed by atoms with Crippen molar-refractivity contribution in [1.82, 2.24) is 19.5 Å². The molecule has 0 aromatic carbocycles. The van der Waals surface area contributed by atoms with Crippen LogP contribution in [-0.4, -0.2) is 105 Å². The van der Waals surface area contributed by atoms with E-state index in [1.54, 1.807) is 0 Å². The lowest BCUT2D eigenvalue weighted by Gasteiger charge is -2.20. The monoisotopic (exact) mass is 664 g/mol. The number of aliphatic hydroxyl groups is 4. The second-order valence-corrected chi connectivity index (χ2v) is 12.7. The Labute approximate surface area is 246 Å². The molecule has 10 N–H and O–H groups in total. The second kappa shape index (κ2) is 12.4. The zero-order valence-electron chi connectivity index (χ0n) is 22.2. The van der Waals surface area contributed by atoms with E-state index in [2.05, 4.69) is 23.8 Å². The first kappa shape index (κ1) is 32.4. The van der Waals surface area contributed by atoms with E-state index in [9.17, 15) is 44.1 Å². The van der Waals surface area contributed by atoms with Gasteiger partial charge in [-0.25, -0.2) is 24.1 Å². The van der Waals surface area contributed by atoms with Crippen molar-refractivity contribution in [2.75, 3.05) is 18.9 Å². The van der Waals surface area contributed by atoms with Gasteiger partial charge in [0, 0.05) is 6.07 Å². The molecule has 1 amide bonds. The molecule has 5 heterocycles. The standard InChI is InChI=1S/C21H27N7O14P2/c22-17-12-19(25-7-24-17)28(8-26-12)21-16(32)14(30)11(41-21)6-39-44(36,37)42-43(34,35)38-5-10-13(29)15(31)20(40-10)27-3-1-2-9(4-27)18(23)33/h1-4,7-8,10-11,13-16,20-21,29-32H,5-6H2,(H5-,22,23,24,25,33,34,35,36,37)/p+1/t10-,11+,13?,14?,15?,16?,20-,21+/m0/s1. The molecule has 240 valence electrons. The minimum absolute atomic E-state index is 0.0505. The van der Waals surface area contributed by atoms with Crippen LogP contribution >= 0.6 is 15.6 Å². The maximum absolute atomic E-state index is 12.4. The van der Waals surface area contributed by atoms with Crippen LogP contribution in [0, 0.1) is 0 Å². The summed E-state index contributed by atoms with van der Waals surface area (Å²) >= 11 is 0. The molecule has 0 spiro atoms. The number of amides is 1. The van der Waals surface area contributed by atoms with Crippen molar-refractivity contribution in [2.45, 2.75) is 49.1 Å². The SMILES string of the molecule is NC(=O)c1ccc[n+]([C@H]2O[C@@H](COP(=O)(O)OP(=O)(O)OC[C@H]3O[C@@H](n4cnc5c(N)ncnc54)C(O)C3O)C(O)C2O)c1. The molecule has 0 aliphatic carbocycles. The highest BCUT2D eigenvalue weighted by atomic mass is 31.3. The van der Waals surface area contributed by atoms with E-state index >= 15 is 0 Å². The van der Waals surface area contributed by atoms with E-state index < -0.39 is 83.8 Å². The lowest BCUT2D eigenvalue weighted by molar-refractivity contribution is -0.765. The fourth-order valence-electron chi connectivity index (χ4n) is 4.58. The number of hydrogen-bond acceptors (Lipinski definition) is 16. The van der Waals surface area contributed by atoms with Gasteiger partial charge in [-0.3, -0.25) is 18.4 Å². The maximum atomic E-state index is 12.4. The van der Waals surface area contributed by atoms with Crippen molar-refractivity contribution >= 4 is 38.5 Å². The first-order valence-electron chi connectivity index (χ1n) is 12.6. The predicted octanol–water partition coefficient (Wildman–Crippen LogP) is -3.02. The normalized spacial score (nSPS) is 31.6. The molecule has 6 unspecified atom stereocenters.